The second-order valence-electron chi connectivity index (χ2n) is 9.90. The molecule has 0 saturated carbocycles. The van der Waals surface area contributed by atoms with Crippen molar-refractivity contribution in [1.82, 2.24) is 14.7 Å². The fourth-order valence-corrected chi connectivity index (χ4v) is 5.83. The lowest BCUT2D eigenvalue weighted by Crippen LogP contribution is -2.47. The lowest BCUT2D eigenvalue weighted by Gasteiger charge is -2.34. The van der Waals surface area contributed by atoms with E-state index in [1.165, 1.54) is 9.58 Å². The molecule has 0 fully saturated rings. The van der Waals surface area contributed by atoms with Crippen molar-refractivity contribution in [2.24, 2.45) is 5.73 Å². The molecule has 208 valence electrons. The zero-order valence-corrected chi connectivity index (χ0v) is 23.1. The van der Waals surface area contributed by atoms with Gasteiger partial charge in [0.25, 0.3) is 0 Å². The number of hydrogen-bond donors (Lipinski definition) is 1. The topological polar surface area (TPSA) is 123 Å². The normalized spacial score (nSPS) is 17.7. The van der Waals surface area contributed by atoms with Crippen LogP contribution in [-0.4, -0.2) is 33.2 Å². The van der Waals surface area contributed by atoms with Crippen LogP contribution in [0.5, 0.6) is 5.88 Å². The first-order chi connectivity index (χ1) is 20.4. The first-order valence-electron chi connectivity index (χ1n) is 13.5. The van der Waals surface area contributed by atoms with Gasteiger partial charge in [-0.1, -0.05) is 78.9 Å². The summed E-state index contributed by atoms with van der Waals surface area (Å²) in [4.78, 5) is 30.8. The summed E-state index contributed by atoms with van der Waals surface area (Å²) in [6, 6.07) is 29.9. The van der Waals surface area contributed by atoms with Crippen molar-refractivity contribution in [1.29, 1.82) is 5.26 Å². The summed E-state index contributed by atoms with van der Waals surface area (Å²) in [7, 11) is 0. The molecule has 2 N–H and O–H groups in total. The van der Waals surface area contributed by atoms with Crippen molar-refractivity contribution in [2.75, 3.05) is 6.61 Å². The van der Waals surface area contributed by atoms with Crippen LogP contribution < -0.4 is 10.5 Å². The van der Waals surface area contributed by atoms with Gasteiger partial charge in [0, 0.05) is 0 Å². The summed E-state index contributed by atoms with van der Waals surface area (Å²) in [5.74, 6) is -1.39. The van der Waals surface area contributed by atoms with E-state index in [4.69, 9.17) is 20.3 Å². The number of fused-ring (bicyclic) bond motifs is 2. The number of carbonyl (C=O) groups is 2. The van der Waals surface area contributed by atoms with Gasteiger partial charge in [0.15, 0.2) is 5.41 Å². The number of ether oxygens (including phenoxy) is 2. The highest BCUT2D eigenvalue weighted by Gasteiger charge is 2.65. The van der Waals surface area contributed by atoms with Gasteiger partial charge >= 0.3 is 5.97 Å². The van der Waals surface area contributed by atoms with Gasteiger partial charge in [0.1, 0.15) is 11.6 Å². The monoisotopic (exact) mass is 557 g/mol. The Labute approximate surface area is 242 Å². The Bertz CT molecular complexity index is 1800. The van der Waals surface area contributed by atoms with Gasteiger partial charge in [0.05, 0.1) is 41.4 Å². The molecule has 1 aromatic heterocycles. The Hall–Kier alpha value is -5.62. The van der Waals surface area contributed by atoms with Gasteiger partial charge in [-0.3, -0.25) is 4.79 Å². The van der Waals surface area contributed by atoms with Crippen molar-refractivity contribution < 1.29 is 19.1 Å². The predicted molar refractivity (Wildman–Crippen MR) is 154 cm³/mol. The number of aromatic nitrogens is 2. The summed E-state index contributed by atoms with van der Waals surface area (Å²) >= 11 is 0. The Morgan fingerprint density at radius 2 is 1.64 bits per heavy atom. The molecule has 9 heteroatoms. The number of nitrogens with two attached hydrogens (primary N) is 1. The summed E-state index contributed by atoms with van der Waals surface area (Å²) in [6.45, 7) is 3.60. The van der Waals surface area contributed by atoms with E-state index in [2.05, 4.69) is 6.07 Å². The van der Waals surface area contributed by atoms with E-state index in [0.717, 1.165) is 5.56 Å². The number of nitriles is 1. The Morgan fingerprint density at radius 1 is 1.02 bits per heavy atom. The molecule has 6 rings (SSSR count). The summed E-state index contributed by atoms with van der Waals surface area (Å²) in [5.41, 5.74) is 7.39. The number of para-hydroxylation sites is 1. The summed E-state index contributed by atoms with van der Waals surface area (Å²) < 4.78 is 13.2. The average Bonchev–Trinajstić information content (AvgIpc) is 3.46. The second kappa shape index (κ2) is 10.4. The molecule has 1 amide bonds. The highest BCUT2D eigenvalue weighted by Crippen LogP contribution is 2.57. The fourth-order valence-electron chi connectivity index (χ4n) is 5.83. The minimum Gasteiger partial charge on any atom is -0.463 e. The standard InChI is InChI=1S/C33H27N5O4/c1-3-41-31(39)27-28(23-15-9-5-10-16-23)37(20-22-13-7-4-8-14-22)32(40)33(27)25(19-34)29(35)42-30-26(33)21(2)36-38(30)24-17-11-6-12-18-24/h4-18H,3,20,35H2,1-2H3. The van der Waals surface area contributed by atoms with Crippen LogP contribution in [0.2, 0.25) is 0 Å². The van der Waals surface area contributed by atoms with E-state index in [1.54, 1.807) is 13.8 Å². The minimum atomic E-state index is -1.96. The van der Waals surface area contributed by atoms with Gasteiger partial charge in [-0.2, -0.15) is 10.4 Å². The molecule has 0 bridgehead atoms. The van der Waals surface area contributed by atoms with E-state index in [9.17, 15) is 10.1 Å². The third kappa shape index (κ3) is 3.88. The highest BCUT2D eigenvalue weighted by molar-refractivity contribution is 6.19. The second-order valence-corrected chi connectivity index (χ2v) is 9.90. The molecule has 1 unspecified atom stereocenters. The van der Waals surface area contributed by atoms with Crippen molar-refractivity contribution >= 4 is 17.6 Å². The quantitative estimate of drug-likeness (QED) is 0.346. The molecular formula is C33H27N5O4. The van der Waals surface area contributed by atoms with Crippen molar-refractivity contribution in [3.05, 3.63) is 130 Å². The van der Waals surface area contributed by atoms with Crippen LogP contribution in [0.3, 0.4) is 0 Å². The van der Waals surface area contributed by atoms with Crippen molar-refractivity contribution in [2.45, 2.75) is 25.8 Å². The maximum atomic E-state index is 15.1. The Morgan fingerprint density at radius 3 is 2.26 bits per heavy atom. The van der Waals surface area contributed by atoms with Gasteiger partial charge in [-0.05, 0) is 37.1 Å². The maximum Gasteiger partial charge on any atom is 0.337 e. The lowest BCUT2D eigenvalue weighted by atomic mass is 9.68. The van der Waals surface area contributed by atoms with Gasteiger partial charge in [-0.25, -0.2) is 9.48 Å². The molecule has 0 radical (unpaired) electrons. The number of esters is 1. The first-order valence-corrected chi connectivity index (χ1v) is 13.5. The summed E-state index contributed by atoms with van der Waals surface area (Å²) in [5, 5.41) is 15.3. The molecule has 9 nitrogen and oxygen atoms in total. The Balaban J connectivity index is 1.74. The van der Waals surface area contributed by atoms with Crippen LogP contribution in [0.15, 0.2) is 108 Å². The maximum absolute atomic E-state index is 15.1. The highest BCUT2D eigenvalue weighted by atomic mass is 16.5. The molecule has 3 heterocycles. The Kier molecular flexibility index (Phi) is 6.59. The van der Waals surface area contributed by atoms with E-state index in [-0.39, 0.29) is 41.6 Å². The van der Waals surface area contributed by atoms with Crippen LogP contribution >= 0.6 is 0 Å². The number of amides is 1. The van der Waals surface area contributed by atoms with Gasteiger partial charge in [-0.15, -0.1) is 0 Å². The van der Waals surface area contributed by atoms with E-state index in [0.29, 0.717) is 22.6 Å². The molecule has 4 aromatic rings. The molecule has 42 heavy (non-hydrogen) atoms. The third-order valence-electron chi connectivity index (χ3n) is 7.49. The van der Waals surface area contributed by atoms with Crippen molar-refractivity contribution in [3.8, 4) is 17.6 Å². The molecule has 1 atom stereocenters. The van der Waals surface area contributed by atoms with Crippen LogP contribution in [0.4, 0.5) is 0 Å². The largest absolute Gasteiger partial charge is 0.463 e. The number of carbonyl (C=O) groups excluding carboxylic acids is 2. The van der Waals surface area contributed by atoms with Gasteiger partial charge < -0.3 is 20.1 Å². The molecular weight excluding hydrogens is 530 g/mol. The third-order valence-corrected chi connectivity index (χ3v) is 7.49. The predicted octanol–water partition coefficient (Wildman–Crippen LogP) is 4.52. The van der Waals surface area contributed by atoms with Crippen LogP contribution in [0, 0.1) is 18.3 Å². The molecule has 0 aliphatic carbocycles. The van der Waals surface area contributed by atoms with Crippen LogP contribution in [-0.2, 0) is 26.3 Å². The number of hydrogen-bond acceptors (Lipinski definition) is 7. The number of nitrogens with zero attached hydrogens (tertiary/aromatic N) is 4. The fraction of sp³-hybridized carbons (Fsp3) is 0.152. The van der Waals surface area contributed by atoms with Gasteiger partial charge in [0.2, 0.25) is 17.7 Å². The van der Waals surface area contributed by atoms with Crippen LogP contribution in [0.25, 0.3) is 11.4 Å². The number of benzene rings is 3. The summed E-state index contributed by atoms with van der Waals surface area (Å²) in [6.07, 6.45) is 0. The SMILES string of the molecule is CCOC(=O)C1=C(c2ccccc2)N(Cc2ccccc2)C(=O)C12C(C#N)=C(N)Oc1c2c(C)nn1-c1ccccc1. The first kappa shape index (κ1) is 26.6. The zero-order chi connectivity index (χ0) is 29.4. The van der Waals surface area contributed by atoms with E-state index >= 15 is 4.79 Å². The molecule has 0 saturated heterocycles. The molecule has 3 aromatic carbocycles. The van der Waals surface area contributed by atoms with Crippen molar-refractivity contribution in [3.63, 3.8) is 0 Å². The number of rotatable bonds is 6. The average molecular weight is 558 g/mol. The molecule has 1 spiro atoms. The van der Waals surface area contributed by atoms with Crippen LogP contribution in [0.1, 0.15) is 29.3 Å². The minimum absolute atomic E-state index is 0.00348. The lowest BCUT2D eigenvalue weighted by molar-refractivity contribution is -0.140. The smallest absolute Gasteiger partial charge is 0.337 e. The zero-order valence-electron chi connectivity index (χ0n) is 23.1. The molecule has 2 aliphatic rings. The molecule has 2 aliphatic heterocycles. The number of aryl methyl sites for hydroxylation is 1. The van der Waals surface area contributed by atoms with E-state index in [1.807, 2.05) is 91.0 Å². The van der Waals surface area contributed by atoms with E-state index < -0.39 is 17.3 Å².